The SMILES string of the molecule is COc1cccc(-n2ncc3c(O)nc(CN(C)CC(=O)N(C)c4ccccc4Cl)nc32)c1. The Kier molecular flexibility index (Phi) is 6.43. The second kappa shape index (κ2) is 9.43. The lowest BCUT2D eigenvalue weighted by Crippen LogP contribution is -2.36. The number of carbonyl (C=O) groups excluding carboxylic acids is 1. The first-order valence-corrected chi connectivity index (χ1v) is 10.5. The number of fused-ring (bicyclic) bond motifs is 1. The van der Waals surface area contributed by atoms with Gasteiger partial charge in [-0.25, -0.2) is 9.67 Å². The molecule has 2 aromatic heterocycles. The number of methoxy groups -OCH3 is 1. The fourth-order valence-electron chi connectivity index (χ4n) is 3.43. The summed E-state index contributed by atoms with van der Waals surface area (Å²) in [7, 11) is 5.05. The van der Waals surface area contributed by atoms with Crippen LogP contribution in [0.2, 0.25) is 5.02 Å². The average Bonchev–Trinajstić information content (AvgIpc) is 3.23. The number of halogens is 1. The summed E-state index contributed by atoms with van der Waals surface area (Å²) in [4.78, 5) is 24.8. The third-order valence-electron chi connectivity index (χ3n) is 5.16. The van der Waals surface area contributed by atoms with E-state index in [9.17, 15) is 9.90 Å². The number of anilines is 1. The van der Waals surface area contributed by atoms with Crippen molar-refractivity contribution in [1.82, 2.24) is 24.6 Å². The molecule has 0 aliphatic heterocycles. The van der Waals surface area contributed by atoms with Crippen molar-refractivity contribution in [3.63, 3.8) is 0 Å². The summed E-state index contributed by atoms with van der Waals surface area (Å²) < 4.78 is 6.90. The highest BCUT2D eigenvalue weighted by molar-refractivity contribution is 6.33. The van der Waals surface area contributed by atoms with Gasteiger partial charge >= 0.3 is 0 Å². The summed E-state index contributed by atoms with van der Waals surface area (Å²) in [5.41, 5.74) is 1.83. The Bertz CT molecular complexity index is 1310. The van der Waals surface area contributed by atoms with Crippen LogP contribution < -0.4 is 9.64 Å². The number of aromatic hydroxyl groups is 1. The Balaban J connectivity index is 1.55. The molecule has 0 saturated heterocycles. The summed E-state index contributed by atoms with van der Waals surface area (Å²) in [5, 5.41) is 15.7. The normalized spacial score (nSPS) is 11.2. The predicted molar refractivity (Wildman–Crippen MR) is 126 cm³/mol. The molecule has 2 heterocycles. The molecule has 4 aromatic rings. The van der Waals surface area contributed by atoms with Gasteiger partial charge < -0.3 is 14.7 Å². The van der Waals surface area contributed by atoms with E-state index in [0.29, 0.717) is 33.3 Å². The average molecular weight is 467 g/mol. The highest BCUT2D eigenvalue weighted by Gasteiger charge is 2.18. The van der Waals surface area contributed by atoms with Crippen molar-refractivity contribution in [3.8, 4) is 17.3 Å². The molecule has 0 saturated carbocycles. The maximum absolute atomic E-state index is 12.7. The molecule has 0 bridgehead atoms. The molecular weight excluding hydrogens is 444 g/mol. The number of likely N-dealkylation sites (N-methyl/N-ethyl adjacent to an activating group) is 2. The lowest BCUT2D eigenvalue weighted by Gasteiger charge is -2.22. The Hall–Kier alpha value is -3.69. The zero-order chi connectivity index (χ0) is 23.5. The van der Waals surface area contributed by atoms with Gasteiger partial charge in [0.2, 0.25) is 11.8 Å². The van der Waals surface area contributed by atoms with Crippen molar-refractivity contribution < 1.29 is 14.6 Å². The minimum Gasteiger partial charge on any atom is -0.497 e. The van der Waals surface area contributed by atoms with Crippen LogP contribution in [-0.2, 0) is 11.3 Å². The molecule has 0 spiro atoms. The van der Waals surface area contributed by atoms with E-state index in [1.165, 1.54) is 11.1 Å². The Labute approximate surface area is 195 Å². The predicted octanol–water partition coefficient (Wildman–Crippen LogP) is 3.28. The summed E-state index contributed by atoms with van der Waals surface area (Å²) in [6.07, 6.45) is 1.51. The highest BCUT2D eigenvalue weighted by Crippen LogP contribution is 2.26. The van der Waals surface area contributed by atoms with Gasteiger partial charge in [-0.05, 0) is 31.3 Å². The minimum absolute atomic E-state index is 0.110. The van der Waals surface area contributed by atoms with Crippen LogP contribution in [-0.4, -0.2) is 63.4 Å². The van der Waals surface area contributed by atoms with Crippen molar-refractivity contribution >= 4 is 34.2 Å². The molecule has 0 atom stereocenters. The molecule has 0 fully saturated rings. The van der Waals surface area contributed by atoms with E-state index in [1.807, 2.05) is 36.4 Å². The summed E-state index contributed by atoms with van der Waals surface area (Å²) in [6, 6.07) is 14.5. The van der Waals surface area contributed by atoms with Crippen molar-refractivity contribution in [2.75, 3.05) is 32.6 Å². The van der Waals surface area contributed by atoms with Gasteiger partial charge in [0.05, 0.1) is 42.8 Å². The topological polar surface area (TPSA) is 96.6 Å². The number of ether oxygens (including phenoxy) is 1. The third kappa shape index (κ3) is 4.74. The van der Waals surface area contributed by atoms with Crippen LogP contribution in [0.1, 0.15) is 5.82 Å². The molecule has 0 unspecified atom stereocenters. The van der Waals surface area contributed by atoms with Gasteiger partial charge in [0.25, 0.3) is 0 Å². The standard InChI is InChI=1S/C23H23ClN6O3/c1-28(14-21(31)29(2)19-10-5-4-9-18(19)24)13-20-26-22-17(23(32)27-20)12-25-30(22)15-7-6-8-16(11-15)33-3/h4-12H,13-14H2,1-3H3,(H,26,27,32). The quantitative estimate of drug-likeness (QED) is 0.446. The van der Waals surface area contributed by atoms with E-state index >= 15 is 0 Å². The number of para-hydroxylation sites is 1. The third-order valence-corrected chi connectivity index (χ3v) is 5.48. The van der Waals surface area contributed by atoms with Crippen LogP contribution in [0.25, 0.3) is 16.7 Å². The van der Waals surface area contributed by atoms with Gasteiger partial charge in [-0.1, -0.05) is 29.8 Å². The molecule has 4 rings (SSSR count). The maximum atomic E-state index is 12.7. The number of hydrogen-bond donors (Lipinski definition) is 1. The number of nitrogens with zero attached hydrogens (tertiary/aromatic N) is 6. The first-order valence-electron chi connectivity index (χ1n) is 10.1. The number of carbonyl (C=O) groups is 1. The van der Waals surface area contributed by atoms with Gasteiger partial charge in [-0.3, -0.25) is 9.69 Å². The molecule has 10 heteroatoms. The molecule has 0 radical (unpaired) electrons. The summed E-state index contributed by atoms with van der Waals surface area (Å²) >= 11 is 6.20. The fourth-order valence-corrected chi connectivity index (χ4v) is 3.69. The first-order chi connectivity index (χ1) is 15.9. The van der Waals surface area contributed by atoms with Crippen LogP contribution >= 0.6 is 11.6 Å². The molecule has 9 nitrogen and oxygen atoms in total. The van der Waals surface area contributed by atoms with Crippen molar-refractivity contribution in [2.24, 2.45) is 0 Å². The van der Waals surface area contributed by atoms with Crippen molar-refractivity contribution in [3.05, 3.63) is 65.6 Å². The Morgan fingerprint density at radius 2 is 1.94 bits per heavy atom. The molecule has 170 valence electrons. The summed E-state index contributed by atoms with van der Waals surface area (Å²) in [6.45, 7) is 0.355. The van der Waals surface area contributed by atoms with E-state index in [0.717, 1.165) is 5.69 Å². The zero-order valence-corrected chi connectivity index (χ0v) is 19.2. The van der Waals surface area contributed by atoms with Crippen LogP contribution in [0.15, 0.2) is 54.7 Å². The smallest absolute Gasteiger partial charge is 0.240 e. The first kappa shape index (κ1) is 22.5. The molecular formula is C23H23ClN6O3. The number of aromatic nitrogens is 4. The molecule has 1 amide bonds. The zero-order valence-electron chi connectivity index (χ0n) is 18.4. The highest BCUT2D eigenvalue weighted by atomic mass is 35.5. The van der Waals surface area contributed by atoms with Gasteiger partial charge in [-0.2, -0.15) is 10.1 Å². The largest absolute Gasteiger partial charge is 0.497 e. The van der Waals surface area contributed by atoms with E-state index in [2.05, 4.69) is 15.1 Å². The number of rotatable bonds is 7. The van der Waals surface area contributed by atoms with Crippen LogP contribution in [0, 0.1) is 0 Å². The van der Waals surface area contributed by atoms with Crippen LogP contribution in [0.3, 0.4) is 0 Å². The van der Waals surface area contributed by atoms with E-state index in [1.54, 1.807) is 42.9 Å². The lowest BCUT2D eigenvalue weighted by atomic mass is 10.3. The van der Waals surface area contributed by atoms with Gasteiger partial charge in [0.1, 0.15) is 17.0 Å². The Morgan fingerprint density at radius 1 is 1.15 bits per heavy atom. The molecule has 1 N–H and O–H groups in total. The van der Waals surface area contributed by atoms with Crippen LogP contribution in [0.4, 0.5) is 5.69 Å². The van der Waals surface area contributed by atoms with Gasteiger partial charge in [-0.15, -0.1) is 0 Å². The van der Waals surface area contributed by atoms with E-state index in [-0.39, 0.29) is 24.9 Å². The molecule has 2 aromatic carbocycles. The second-order valence-corrected chi connectivity index (χ2v) is 7.94. The van der Waals surface area contributed by atoms with Gasteiger partial charge in [0.15, 0.2) is 5.65 Å². The lowest BCUT2D eigenvalue weighted by molar-refractivity contribution is -0.119. The minimum atomic E-state index is -0.169. The van der Waals surface area contributed by atoms with Crippen LogP contribution in [0.5, 0.6) is 11.6 Å². The van der Waals surface area contributed by atoms with Gasteiger partial charge in [0, 0.05) is 13.1 Å². The van der Waals surface area contributed by atoms with E-state index in [4.69, 9.17) is 16.3 Å². The van der Waals surface area contributed by atoms with Crippen molar-refractivity contribution in [1.29, 1.82) is 0 Å². The fraction of sp³-hybridized carbons (Fsp3) is 0.217. The number of hydrogen-bond acceptors (Lipinski definition) is 7. The number of benzene rings is 2. The van der Waals surface area contributed by atoms with E-state index < -0.39 is 0 Å². The number of amides is 1. The second-order valence-electron chi connectivity index (χ2n) is 7.54. The molecule has 33 heavy (non-hydrogen) atoms. The van der Waals surface area contributed by atoms with Crippen molar-refractivity contribution in [2.45, 2.75) is 6.54 Å². The monoisotopic (exact) mass is 466 g/mol. The maximum Gasteiger partial charge on any atom is 0.240 e. The summed E-state index contributed by atoms with van der Waals surface area (Å²) in [5.74, 6) is 0.727. The molecule has 0 aliphatic carbocycles. The Morgan fingerprint density at radius 3 is 2.70 bits per heavy atom. The molecule has 0 aliphatic rings.